The van der Waals surface area contributed by atoms with Gasteiger partial charge in [0.1, 0.15) is 11.3 Å². The molecule has 0 spiro atoms. The van der Waals surface area contributed by atoms with Crippen LogP contribution in [0.5, 0.6) is 5.75 Å². The van der Waals surface area contributed by atoms with Crippen molar-refractivity contribution in [2.24, 2.45) is 4.99 Å². The number of carbonyl (C=O) groups excluding carboxylic acids is 1. The first-order valence-corrected chi connectivity index (χ1v) is 8.85. The number of ether oxygens (including phenoxy) is 2. The number of amidine groups is 1. The van der Waals surface area contributed by atoms with Crippen molar-refractivity contribution >= 4 is 39.8 Å². The molecule has 4 rings (SSSR count). The Morgan fingerprint density at radius 1 is 1.24 bits per heavy atom. The summed E-state index contributed by atoms with van der Waals surface area (Å²) in [5.41, 5.74) is 1.50. The average Bonchev–Trinajstić information content (AvgIpc) is 3.02. The summed E-state index contributed by atoms with van der Waals surface area (Å²) in [6, 6.07) is 9.67. The Morgan fingerprint density at radius 2 is 2.08 bits per heavy atom. The fraction of sp³-hybridized carbons (Fsp3) is 0.278. The zero-order chi connectivity index (χ0) is 17.2. The number of aromatic nitrogens is 1. The minimum Gasteiger partial charge on any atom is -0.494 e. The lowest BCUT2D eigenvalue weighted by Crippen LogP contribution is -2.38. The predicted octanol–water partition coefficient (Wildman–Crippen LogP) is 2.55. The Balaban J connectivity index is 1.61. The molecule has 1 aromatic carbocycles. The van der Waals surface area contributed by atoms with E-state index in [1.807, 2.05) is 30.3 Å². The van der Waals surface area contributed by atoms with Crippen LogP contribution in [0.3, 0.4) is 0 Å². The van der Waals surface area contributed by atoms with Crippen molar-refractivity contribution in [1.82, 2.24) is 9.88 Å². The molecule has 1 saturated heterocycles. The summed E-state index contributed by atoms with van der Waals surface area (Å²) >= 11 is 1.40. The Bertz CT molecular complexity index is 888. The number of aliphatic imine (C=N–C) groups is 1. The van der Waals surface area contributed by atoms with Crippen molar-refractivity contribution in [3.63, 3.8) is 0 Å². The van der Waals surface area contributed by atoms with Crippen LogP contribution in [0.2, 0.25) is 0 Å². The molecule has 128 valence electrons. The molecule has 7 heteroatoms. The summed E-state index contributed by atoms with van der Waals surface area (Å²) in [5, 5.41) is 1.75. The summed E-state index contributed by atoms with van der Waals surface area (Å²) in [6.45, 7) is 2.85. The minimum absolute atomic E-state index is 0.214. The van der Waals surface area contributed by atoms with Gasteiger partial charge >= 0.3 is 0 Å². The van der Waals surface area contributed by atoms with Crippen LogP contribution in [0.15, 0.2) is 40.2 Å². The molecular weight excluding hydrogens is 338 g/mol. The van der Waals surface area contributed by atoms with Gasteiger partial charge < -0.3 is 14.4 Å². The molecule has 0 unspecified atom stereocenters. The standard InChI is InChI=1S/C18H17N3O3S/c1-23-14-4-2-3-12-5-6-13(19-16(12)14)11-15-17(22)20-18(25-15)21-7-9-24-10-8-21/h2-6,11H,7-10H2,1H3. The highest BCUT2D eigenvalue weighted by Crippen LogP contribution is 2.31. The van der Waals surface area contributed by atoms with E-state index in [-0.39, 0.29) is 5.91 Å². The fourth-order valence-corrected chi connectivity index (χ4v) is 3.75. The fourth-order valence-electron chi connectivity index (χ4n) is 2.80. The lowest BCUT2D eigenvalue weighted by Gasteiger charge is -2.27. The van der Waals surface area contributed by atoms with E-state index in [9.17, 15) is 4.79 Å². The van der Waals surface area contributed by atoms with Crippen LogP contribution in [0.1, 0.15) is 5.69 Å². The number of rotatable bonds is 2. The SMILES string of the molecule is COc1cccc2ccc(C=C3SC(N4CCOCC4)=NC3=O)nc12. The van der Waals surface area contributed by atoms with Crippen LogP contribution in [0.25, 0.3) is 17.0 Å². The molecule has 3 heterocycles. The maximum atomic E-state index is 12.2. The van der Waals surface area contributed by atoms with Crippen LogP contribution >= 0.6 is 11.8 Å². The van der Waals surface area contributed by atoms with E-state index in [4.69, 9.17) is 9.47 Å². The van der Waals surface area contributed by atoms with Gasteiger partial charge in [-0.2, -0.15) is 4.99 Å². The van der Waals surface area contributed by atoms with E-state index in [2.05, 4.69) is 14.9 Å². The second-order valence-electron chi connectivity index (χ2n) is 5.68. The number of para-hydroxylation sites is 1. The lowest BCUT2D eigenvalue weighted by molar-refractivity contribution is -0.113. The Labute approximate surface area is 149 Å². The number of amides is 1. The zero-order valence-electron chi connectivity index (χ0n) is 13.8. The maximum absolute atomic E-state index is 12.2. The first-order chi connectivity index (χ1) is 12.2. The van der Waals surface area contributed by atoms with Gasteiger partial charge in [-0.3, -0.25) is 4.79 Å². The number of benzene rings is 1. The van der Waals surface area contributed by atoms with Gasteiger partial charge in [0, 0.05) is 18.5 Å². The molecule has 2 aliphatic heterocycles. The highest BCUT2D eigenvalue weighted by molar-refractivity contribution is 8.18. The summed E-state index contributed by atoms with van der Waals surface area (Å²) in [4.78, 5) is 23.7. The molecular formula is C18H17N3O3S. The molecule has 2 aromatic rings. The van der Waals surface area contributed by atoms with Gasteiger partial charge in [-0.25, -0.2) is 4.98 Å². The van der Waals surface area contributed by atoms with Gasteiger partial charge in [0.15, 0.2) is 5.17 Å². The van der Waals surface area contributed by atoms with Gasteiger partial charge in [-0.1, -0.05) is 18.2 Å². The summed E-state index contributed by atoms with van der Waals surface area (Å²) in [6.07, 6.45) is 1.79. The van der Waals surface area contributed by atoms with Crippen LogP contribution in [-0.2, 0) is 9.53 Å². The van der Waals surface area contributed by atoms with Crippen LogP contribution < -0.4 is 4.74 Å². The number of morpholine rings is 1. The highest BCUT2D eigenvalue weighted by Gasteiger charge is 2.27. The first kappa shape index (κ1) is 16.1. The van der Waals surface area contributed by atoms with Crippen molar-refractivity contribution in [1.29, 1.82) is 0 Å². The van der Waals surface area contributed by atoms with Crippen LogP contribution in [0.4, 0.5) is 0 Å². The van der Waals surface area contributed by atoms with Gasteiger partial charge in [0.05, 0.1) is 30.9 Å². The van der Waals surface area contributed by atoms with Gasteiger partial charge in [0.25, 0.3) is 5.91 Å². The monoisotopic (exact) mass is 355 g/mol. The van der Waals surface area contributed by atoms with Crippen molar-refractivity contribution in [2.45, 2.75) is 0 Å². The third kappa shape index (κ3) is 3.25. The van der Waals surface area contributed by atoms with E-state index < -0.39 is 0 Å². The lowest BCUT2D eigenvalue weighted by atomic mass is 10.2. The van der Waals surface area contributed by atoms with Gasteiger partial charge in [0.2, 0.25) is 0 Å². The van der Waals surface area contributed by atoms with E-state index >= 15 is 0 Å². The van der Waals surface area contributed by atoms with Crippen LogP contribution in [-0.4, -0.2) is 54.4 Å². The molecule has 0 atom stereocenters. The molecule has 0 N–H and O–H groups in total. The minimum atomic E-state index is -0.214. The van der Waals surface area contributed by atoms with E-state index in [0.717, 1.165) is 29.2 Å². The number of carbonyl (C=O) groups is 1. The Hall–Kier alpha value is -2.38. The maximum Gasteiger partial charge on any atom is 0.286 e. The van der Waals surface area contributed by atoms with Crippen molar-refractivity contribution in [3.05, 3.63) is 40.9 Å². The number of thioether (sulfide) groups is 1. The third-order valence-corrected chi connectivity index (χ3v) is 5.14. The number of pyridine rings is 1. The average molecular weight is 355 g/mol. The van der Waals surface area contributed by atoms with Gasteiger partial charge in [-0.05, 0) is 30.0 Å². The molecule has 0 aliphatic carbocycles. The Kier molecular flexibility index (Phi) is 4.42. The number of fused-ring (bicyclic) bond motifs is 1. The Morgan fingerprint density at radius 3 is 2.88 bits per heavy atom. The number of hydrogen-bond donors (Lipinski definition) is 0. The summed E-state index contributed by atoms with van der Waals surface area (Å²) < 4.78 is 10.7. The topological polar surface area (TPSA) is 64.0 Å². The van der Waals surface area contributed by atoms with Crippen molar-refractivity contribution in [2.75, 3.05) is 33.4 Å². The van der Waals surface area contributed by atoms with E-state index in [1.54, 1.807) is 13.2 Å². The molecule has 25 heavy (non-hydrogen) atoms. The molecule has 0 bridgehead atoms. The van der Waals surface area contributed by atoms with Gasteiger partial charge in [-0.15, -0.1) is 0 Å². The zero-order valence-corrected chi connectivity index (χ0v) is 14.6. The number of hydrogen-bond acceptors (Lipinski definition) is 6. The molecule has 1 amide bonds. The number of methoxy groups -OCH3 is 1. The quantitative estimate of drug-likeness (QED) is 0.772. The van der Waals surface area contributed by atoms with Crippen molar-refractivity contribution in [3.8, 4) is 5.75 Å². The smallest absolute Gasteiger partial charge is 0.286 e. The van der Waals surface area contributed by atoms with E-state index in [1.165, 1.54) is 11.8 Å². The number of nitrogens with zero attached hydrogens (tertiary/aromatic N) is 3. The largest absolute Gasteiger partial charge is 0.494 e. The van der Waals surface area contributed by atoms with Crippen LogP contribution in [0, 0.1) is 0 Å². The molecule has 0 radical (unpaired) electrons. The second-order valence-corrected chi connectivity index (χ2v) is 6.69. The third-order valence-electron chi connectivity index (χ3n) is 4.09. The molecule has 1 fully saturated rings. The highest BCUT2D eigenvalue weighted by atomic mass is 32.2. The second kappa shape index (κ2) is 6.85. The predicted molar refractivity (Wildman–Crippen MR) is 98.7 cm³/mol. The molecule has 2 aliphatic rings. The van der Waals surface area contributed by atoms with Crippen molar-refractivity contribution < 1.29 is 14.3 Å². The molecule has 0 saturated carbocycles. The normalized spacial score (nSPS) is 19.6. The first-order valence-electron chi connectivity index (χ1n) is 8.03. The molecule has 1 aromatic heterocycles. The summed E-state index contributed by atoms with van der Waals surface area (Å²) in [5.74, 6) is 0.502. The molecule has 6 nitrogen and oxygen atoms in total. The van der Waals surface area contributed by atoms with E-state index in [0.29, 0.717) is 29.6 Å². The summed E-state index contributed by atoms with van der Waals surface area (Å²) in [7, 11) is 1.63.